The fourth-order valence-electron chi connectivity index (χ4n) is 2.15. The van der Waals surface area contributed by atoms with Gasteiger partial charge in [0.2, 0.25) is 0 Å². The van der Waals surface area contributed by atoms with Gasteiger partial charge in [0.1, 0.15) is 6.10 Å². The minimum atomic E-state index is -0.909. The number of benzene rings is 2. The van der Waals surface area contributed by atoms with Crippen LogP contribution in [0.1, 0.15) is 5.56 Å². The summed E-state index contributed by atoms with van der Waals surface area (Å²) in [5.74, 6) is 0. The smallest absolute Gasteiger partial charge is 0.181 e. The van der Waals surface area contributed by atoms with E-state index in [-0.39, 0.29) is 6.10 Å². The van der Waals surface area contributed by atoms with E-state index in [0.717, 1.165) is 5.56 Å². The van der Waals surface area contributed by atoms with Crippen molar-refractivity contribution in [1.29, 1.82) is 0 Å². The molecule has 0 spiro atoms. The highest BCUT2D eigenvalue weighted by Crippen LogP contribution is 2.20. The Morgan fingerprint density at radius 2 is 1.45 bits per heavy atom. The molecule has 0 radical (unpaired) electrons. The molecule has 2 aromatic carbocycles. The zero-order valence-corrected chi connectivity index (χ0v) is 11.8. The fourth-order valence-corrected chi connectivity index (χ4v) is 2.15. The summed E-state index contributed by atoms with van der Waals surface area (Å²) >= 11 is 0. The molecular formula is C17H20O3. The topological polar surface area (TPSA) is 38.7 Å². The summed E-state index contributed by atoms with van der Waals surface area (Å²) in [6, 6.07) is 18.5. The van der Waals surface area contributed by atoms with Gasteiger partial charge in [-0.2, -0.15) is 0 Å². The van der Waals surface area contributed by atoms with Gasteiger partial charge in [0.25, 0.3) is 0 Å². The van der Waals surface area contributed by atoms with Crippen LogP contribution >= 0.6 is 0 Å². The molecule has 0 aromatic heterocycles. The highest BCUT2D eigenvalue weighted by molar-refractivity contribution is 5.63. The van der Waals surface area contributed by atoms with Crippen LogP contribution in [0.25, 0.3) is 11.1 Å². The SMILES string of the molecule is COC(O)C(Cc1ccc(-c2ccccc2)cc1)OC. The minimum Gasteiger partial charge on any atom is -0.376 e. The van der Waals surface area contributed by atoms with Gasteiger partial charge in [-0.1, -0.05) is 54.6 Å². The Balaban J connectivity index is 2.08. The Labute approximate surface area is 119 Å². The first kappa shape index (κ1) is 14.7. The molecule has 20 heavy (non-hydrogen) atoms. The molecule has 0 saturated carbocycles. The van der Waals surface area contributed by atoms with Gasteiger partial charge in [0.05, 0.1) is 0 Å². The van der Waals surface area contributed by atoms with Crippen LogP contribution < -0.4 is 0 Å². The summed E-state index contributed by atoms with van der Waals surface area (Å²) in [5.41, 5.74) is 3.47. The third-order valence-electron chi connectivity index (χ3n) is 3.36. The maximum absolute atomic E-state index is 9.66. The van der Waals surface area contributed by atoms with Crippen LogP contribution in [0.3, 0.4) is 0 Å². The lowest BCUT2D eigenvalue weighted by Gasteiger charge is -2.20. The Kier molecular flexibility index (Phi) is 5.30. The Hall–Kier alpha value is -1.68. The first-order chi connectivity index (χ1) is 9.74. The van der Waals surface area contributed by atoms with E-state index in [1.165, 1.54) is 18.2 Å². The molecule has 0 fully saturated rings. The predicted molar refractivity (Wildman–Crippen MR) is 79.4 cm³/mol. The van der Waals surface area contributed by atoms with Crippen molar-refractivity contribution in [3.8, 4) is 11.1 Å². The number of aliphatic hydroxyl groups is 1. The normalized spacial score (nSPS) is 13.9. The summed E-state index contributed by atoms with van der Waals surface area (Å²) < 4.78 is 10.1. The molecule has 0 amide bonds. The van der Waals surface area contributed by atoms with Gasteiger partial charge in [0.15, 0.2) is 6.29 Å². The second-order valence-corrected chi connectivity index (χ2v) is 4.67. The molecule has 0 aliphatic heterocycles. The molecule has 0 saturated heterocycles. The van der Waals surface area contributed by atoms with E-state index in [4.69, 9.17) is 9.47 Å². The van der Waals surface area contributed by atoms with Gasteiger partial charge >= 0.3 is 0 Å². The molecule has 2 atom stereocenters. The van der Waals surface area contributed by atoms with Crippen molar-refractivity contribution in [2.75, 3.05) is 14.2 Å². The van der Waals surface area contributed by atoms with Gasteiger partial charge in [0, 0.05) is 20.6 Å². The fraction of sp³-hybridized carbons (Fsp3) is 0.294. The highest BCUT2D eigenvalue weighted by atomic mass is 16.6. The van der Waals surface area contributed by atoms with E-state index >= 15 is 0 Å². The van der Waals surface area contributed by atoms with Crippen molar-refractivity contribution in [3.05, 3.63) is 60.2 Å². The molecule has 0 bridgehead atoms. The second-order valence-electron chi connectivity index (χ2n) is 4.67. The lowest BCUT2D eigenvalue weighted by molar-refractivity contribution is -0.153. The maximum atomic E-state index is 9.66. The Morgan fingerprint density at radius 3 is 2.00 bits per heavy atom. The Morgan fingerprint density at radius 1 is 0.850 bits per heavy atom. The summed E-state index contributed by atoms with van der Waals surface area (Å²) in [4.78, 5) is 0. The van der Waals surface area contributed by atoms with Crippen LogP contribution in [-0.4, -0.2) is 31.7 Å². The largest absolute Gasteiger partial charge is 0.376 e. The molecule has 3 nitrogen and oxygen atoms in total. The van der Waals surface area contributed by atoms with Crippen LogP contribution in [0, 0.1) is 0 Å². The zero-order valence-electron chi connectivity index (χ0n) is 11.8. The highest BCUT2D eigenvalue weighted by Gasteiger charge is 2.18. The van der Waals surface area contributed by atoms with Crippen molar-refractivity contribution in [3.63, 3.8) is 0 Å². The van der Waals surface area contributed by atoms with Gasteiger partial charge < -0.3 is 14.6 Å². The molecular weight excluding hydrogens is 252 g/mol. The molecule has 1 N–H and O–H groups in total. The average molecular weight is 272 g/mol. The second kappa shape index (κ2) is 7.20. The summed E-state index contributed by atoms with van der Waals surface area (Å²) in [6.07, 6.45) is -0.656. The van der Waals surface area contributed by atoms with Crippen molar-refractivity contribution in [2.45, 2.75) is 18.8 Å². The van der Waals surface area contributed by atoms with Crippen LogP contribution in [0.15, 0.2) is 54.6 Å². The van der Waals surface area contributed by atoms with Gasteiger partial charge in [-0.3, -0.25) is 0 Å². The lowest BCUT2D eigenvalue weighted by atomic mass is 10.0. The number of methoxy groups -OCH3 is 2. The molecule has 2 rings (SSSR count). The van der Waals surface area contributed by atoms with Crippen LogP contribution in [0.4, 0.5) is 0 Å². The zero-order chi connectivity index (χ0) is 14.4. The third kappa shape index (κ3) is 3.67. The summed E-state index contributed by atoms with van der Waals surface area (Å²) in [7, 11) is 3.04. The first-order valence-electron chi connectivity index (χ1n) is 6.62. The number of hydrogen-bond acceptors (Lipinski definition) is 3. The van der Waals surface area contributed by atoms with Crippen molar-refractivity contribution >= 4 is 0 Å². The molecule has 0 aliphatic rings. The molecule has 106 valence electrons. The molecule has 3 heteroatoms. The molecule has 0 heterocycles. The van der Waals surface area contributed by atoms with Crippen molar-refractivity contribution in [1.82, 2.24) is 0 Å². The van der Waals surface area contributed by atoms with Crippen LogP contribution in [0.5, 0.6) is 0 Å². The standard InChI is InChI=1S/C17H20O3/c1-19-16(17(18)20-2)12-13-8-10-15(11-9-13)14-6-4-3-5-7-14/h3-11,16-18H,12H2,1-2H3. The quantitative estimate of drug-likeness (QED) is 0.822. The van der Waals surface area contributed by atoms with Crippen LogP contribution in [-0.2, 0) is 15.9 Å². The molecule has 2 unspecified atom stereocenters. The third-order valence-corrected chi connectivity index (χ3v) is 3.36. The summed E-state index contributed by atoms with van der Waals surface area (Å²) in [6.45, 7) is 0. The lowest BCUT2D eigenvalue weighted by Crippen LogP contribution is -2.31. The van der Waals surface area contributed by atoms with E-state index in [2.05, 4.69) is 36.4 Å². The summed E-state index contributed by atoms with van der Waals surface area (Å²) in [5, 5.41) is 9.66. The maximum Gasteiger partial charge on any atom is 0.181 e. The van der Waals surface area contributed by atoms with Crippen LogP contribution in [0.2, 0.25) is 0 Å². The van der Waals surface area contributed by atoms with E-state index in [1.54, 1.807) is 7.11 Å². The van der Waals surface area contributed by atoms with Crippen molar-refractivity contribution in [2.24, 2.45) is 0 Å². The number of aliphatic hydroxyl groups excluding tert-OH is 1. The van der Waals surface area contributed by atoms with Gasteiger partial charge in [-0.25, -0.2) is 0 Å². The number of rotatable bonds is 6. The van der Waals surface area contributed by atoms with Gasteiger partial charge in [-0.15, -0.1) is 0 Å². The molecule has 2 aromatic rings. The number of hydrogen-bond donors (Lipinski definition) is 1. The Bertz CT molecular complexity index is 508. The van der Waals surface area contributed by atoms with E-state index in [0.29, 0.717) is 6.42 Å². The monoisotopic (exact) mass is 272 g/mol. The minimum absolute atomic E-state index is 0.359. The van der Waals surface area contributed by atoms with E-state index < -0.39 is 6.29 Å². The first-order valence-corrected chi connectivity index (χ1v) is 6.62. The predicted octanol–water partition coefficient (Wildman–Crippen LogP) is 2.88. The van der Waals surface area contributed by atoms with E-state index in [9.17, 15) is 5.11 Å². The van der Waals surface area contributed by atoms with Crippen molar-refractivity contribution < 1.29 is 14.6 Å². The molecule has 0 aliphatic carbocycles. The number of ether oxygens (including phenoxy) is 2. The van der Waals surface area contributed by atoms with E-state index in [1.807, 2.05) is 18.2 Å². The average Bonchev–Trinajstić information content (AvgIpc) is 2.53. The van der Waals surface area contributed by atoms with Gasteiger partial charge in [-0.05, 0) is 16.7 Å².